The van der Waals surface area contributed by atoms with Crippen molar-refractivity contribution < 1.29 is 24.0 Å². The van der Waals surface area contributed by atoms with Crippen LogP contribution in [-0.2, 0) is 9.53 Å². The SMILES string of the molecule is COc1ccc([N+](=O)[O-])cc1NC(=O)COC(=O)c1csc(-c2ccccc2)n1. The number of amides is 1. The molecule has 3 aromatic rings. The van der Waals surface area contributed by atoms with Gasteiger partial charge in [-0.2, -0.15) is 0 Å². The molecule has 0 unspecified atom stereocenters. The van der Waals surface area contributed by atoms with Gasteiger partial charge in [0.25, 0.3) is 11.6 Å². The van der Waals surface area contributed by atoms with Crippen LogP contribution in [0.4, 0.5) is 11.4 Å². The third kappa shape index (κ3) is 4.93. The van der Waals surface area contributed by atoms with E-state index in [4.69, 9.17) is 9.47 Å². The van der Waals surface area contributed by atoms with Crippen LogP contribution in [0.25, 0.3) is 10.6 Å². The first-order valence-electron chi connectivity index (χ1n) is 8.28. The van der Waals surface area contributed by atoms with Gasteiger partial charge in [-0.15, -0.1) is 11.3 Å². The fourth-order valence-corrected chi connectivity index (χ4v) is 3.17. The van der Waals surface area contributed by atoms with Crippen LogP contribution in [0, 0.1) is 10.1 Å². The number of hydrogen-bond donors (Lipinski definition) is 1. The first-order valence-corrected chi connectivity index (χ1v) is 9.16. The van der Waals surface area contributed by atoms with Gasteiger partial charge in [-0.3, -0.25) is 14.9 Å². The van der Waals surface area contributed by atoms with E-state index in [1.807, 2.05) is 30.3 Å². The number of hydrogen-bond acceptors (Lipinski definition) is 8. The molecule has 0 radical (unpaired) electrons. The Balaban J connectivity index is 1.61. The summed E-state index contributed by atoms with van der Waals surface area (Å²) in [6, 6.07) is 13.1. The van der Waals surface area contributed by atoms with Crippen LogP contribution < -0.4 is 10.1 Å². The largest absolute Gasteiger partial charge is 0.495 e. The number of carbonyl (C=O) groups is 2. The monoisotopic (exact) mass is 413 g/mol. The van der Waals surface area contributed by atoms with Crippen molar-refractivity contribution in [1.29, 1.82) is 0 Å². The summed E-state index contributed by atoms with van der Waals surface area (Å²) < 4.78 is 10.0. The summed E-state index contributed by atoms with van der Waals surface area (Å²) in [4.78, 5) is 38.7. The van der Waals surface area contributed by atoms with Crippen LogP contribution in [0.2, 0.25) is 0 Å². The van der Waals surface area contributed by atoms with Crippen molar-refractivity contribution in [1.82, 2.24) is 4.98 Å². The van der Waals surface area contributed by atoms with Crippen molar-refractivity contribution in [2.24, 2.45) is 0 Å². The number of non-ortho nitro benzene ring substituents is 1. The van der Waals surface area contributed by atoms with E-state index >= 15 is 0 Å². The zero-order valence-corrected chi connectivity index (χ0v) is 16.0. The molecule has 0 saturated carbocycles. The summed E-state index contributed by atoms with van der Waals surface area (Å²) in [5, 5.41) is 15.5. The number of thiazole rings is 1. The maximum absolute atomic E-state index is 12.1. The Morgan fingerprint density at radius 2 is 1.97 bits per heavy atom. The fourth-order valence-electron chi connectivity index (χ4n) is 2.38. The summed E-state index contributed by atoms with van der Waals surface area (Å²) >= 11 is 1.28. The van der Waals surface area contributed by atoms with Gasteiger partial charge in [0.2, 0.25) is 0 Å². The van der Waals surface area contributed by atoms with Crippen molar-refractivity contribution in [3.8, 4) is 16.3 Å². The van der Waals surface area contributed by atoms with E-state index in [9.17, 15) is 19.7 Å². The number of rotatable bonds is 7. The van der Waals surface area contributed by atoms with Crippen LogP contribution in [0.15, 0.2) is 53.9 Å². The lowest BCUT2D eigenvalue weighted by atomic mass is 10.2. The van der Waals surface area contributed by atoms with Crippen LogP contribution in [0.1, 0.15) is 10.5 Å². The highest BCUT2D eigenvalue weighted by Gasteiger charge is 2.17. The molecule has 0 fully saturated rings. The summed E-state index contributed by atoms with van der Waals surface area (Å²) in [6.45, 7) is -0.580. The topological polar surface area (TPSA) is 121 Å². The zero-order valence-electron chi connectivity index (χ0n) is 15.2. The minimum Gasteiger partial charge on any atom is -0.495 e. The van der Waals surface area contributed by atoms with Gasteiger partial charge in [-0.1, -0.05) is 30.3 Å². The number of methoxy groups -OCH3 is 1. The highest BCUT2D eigenvalue weighted by Crippen LogP contribution is 2.29. The average Bonchev–Trinajstić information content (AvgIpc) is 3.23. The standard InChI is InChI=1S/C19H15N3O6S/c1-27-16-8-7-13(22(25)26)9-14(16)20-17(23)10-28-19(24)15-11-29-18(21-15)12-5-3-2-4-6-12/h2-9,11H,10H2,1H3,(H,20,23). The normalized spacial score (nSPS) is 10.2. The van der Waals surface area contributed by atoms with Crippen molar-refractivity contribution in [2.75, 3.05) is 19.0 Å². The van der Waals surface area contributed by atoms with Crippen molar-refractivity contribution in [3.05, 3.63) is 69.7 Å². The van der Waals surface area contributed by atoms with E-state index in [0.717, 1.165) is 11.6 Å². The summed E-state index contributed by atoms with van der Waals surface area (Å²) in [5.41, 5.74) is 0.846. The second-order valence-electron chi connectivity index (χ2n) is 5.67. The van der Waals surface area contributed by atoms with E-state index in [1.54, 1.807) is 5.38 Å². The number of anilines is 1. The Kier molecular flexibility index (Phi) is 6.15. The Labute approximate surface area is 169 Å². The van der Waals surface area contributed by atoms with Crippen molar-refractivity contribution in [3.63, 3.8) is 0 Å². The molecule has 1 heterocycles. The van der Waals surface area contributed by atoms with Crippen LogP contribution >= 0.6 is 11.3 Å². The van der Waals surface area contributed by atoms with Crippen LogP contribution in [0.5, 0.6) is 5.75 Å². The van der Waals surface area contributed by atoms with Gasteiger partial charge in [0, 0.05) is 23.1 Å². The Bertz CT molecular complexity index is 1050. The molecule has 9 nitrogen and oxygen atoms in total. The molecule has 0 bridgehead atoms. The Morgan fingerprint density at radius 1 is 1.21 bits per heavy atom. The van der Waals surface area contributed by atoms with E-state index in [2.05, 4.69) is 10.3 Å². The summed E-state index contributed by atoms with van der Waals surface area (Å²) in [7, 11) is 1.36. The number of benzene rings is 2. The molecule has 0 aliphatic heterocycles. The molecule has 0 aliphatic rings. The van der Waals surface area contributed by atoms with Gasteiger partial charge in [-0.25, -0.2) is 9.78 Å². The molecule has 10 heteroatoms. The molecule has 1 aromatic heterocycles. The van der Waals surface area contributed by atoms with Gasteiger partial charge >= 0.3 is 5.97 Å². The first kappa shape index (κ1) is 20.0. The number of ether oxygens (including phenoxy) is 2. The lowest BCUT2D eigenvalue weighted by molar-refractivity contribution is -0.384. The smallest absolute Gasteiger partial charge is 0.358 e. The highest BCUT2D eigenvalue weighted by molar-refractivity contribution is 7.13. The fraction of sp³-hybridized carbons (Fsp3) is 0.105. The lowest BCUT2D eigenvalue weighted by Gasteiger charge is -2.10. The number of nitrogens with zero attached hydrogens (tertiary/aromatic N) is 2. The van der Waals surface area contributed by atoms with Gasteiger partial charge in [0.1, 0.15) is 10.8 Å². The Hall–Kier alpha value is -3.79. The first-order chi connectivity index (χ1) is 14.0. The third-order valence-corrected chi connectivity index (χ3v) is 4.63. The molecule has 0 aliphatic carbocycles. The molecule has 0 saturated heterocycles. The molecule has 148 valence electrons. The third-order valence-electron chi connectivity index (χ3n) is 3.74. The quantitative estimate of drug-likeness (QED) is 0.357. The molecule has 3 rings (SSSR count). The molecule has 1 N–H and O–H groups in total. The van der Waals surface area contributed by atoms with Gasteiger partial charge in [0.15, 0.2) is 12.3 Å². The van der Waals surface area contributed by atoms with Crippen LogP contribution in [0.3, 0.4) is 0 Å². The molecule has 29 heavy (non-hydrogen) atoms. The number of nitrogens with one attached hydrogen (secondary N) is 1. The summed E-state index contributed by atoms with van der Waals surface area (Å²) in [6.07, 6.45) is 0. The minimum atomic E-state index is -0.746. The number of carbonyl (C=O) groups excluding carboxylic acids is 2. The summed E-state index contributed by atoms with van der Waals surface area (Å²) in [5.74, 6) is -1.18. The second kappa shape index (κ2) is 8.93. The number of nitro groups is 1. The van der Waals surface area contributed by atoms with E-state index < -0.39 is 23.4 Å². The van der Waals surface area contributed by atoms with Crippen molar-refractivity contribution in [2.45, 2.75) is 0 Å². The zero-order chi connectivity index (χ0) is 20.8. The molecular formula is C19H15N3O6S. The van der Waals surface area contributed by atoms with E-state index in [1.165, 1.54) is 30.6 Å². The second-order valence-corrected chi connectivity index (χ2v) is 6.53. The molecule has 2 aromatic carbocycles. The predicted molar refractivity (Wildman–Crippen MR) is 106 cm³/mol. The maximum atomic E-state index is 12.1. The average molecular weight is 413 g/mol. The molecular weight excluding hydrogens is 398 g/mol. The number of esters is 1. The van der Waals surface area contributed by atoms with Crippen LogP contribution in [-0.4, -0.2) is 35.5 Å². The maximum Gasteiger partial charge on any atom is 0.358 e. The van der Waals surface area contributed by atoms with Crippen molar-refractivity contribution >= 4 is 34.6 Å². The highest BCUT2D eigenvalue weighted by atomic mass is 32.1. The van der Waals surface area contributed by atoms with E-state index in [-0.39, 0.29) is 22.8 Å². The predicted octanol–water partition coefficient (Wildman–Crippen LogP) is 3.52. The van der Waals surface area contributed by atoms with Gasteiger partial charge in [0.05, 0.1) is 17.7 Å². The molecule has 0 spiro atoms. The Morgan fingerprint density at radius 3 is 2.66 bits per heavy atom. The van der Waals surface area contributed by atoms with E-state index in [0.29, 0.717) is 5.01 Å². The minimum absolute atomic E-state index is 0.0922. The lowest BCUT2D eigenvalue weighted by Crippen LogP contribution is -2.21. The molecule has 0 atom stereocenters. The number of nitro benzene ring substituents is 1. The number of aromatic nitrogens is 1. The van der Waals surface area contributed by atoms with Gasteiger partial charge in [-0.05, 0) is 6.07 Å². The molecule has 1 amide bonds. The van der Waals surface area contributed by atoms with Gasteiger partial charge < -0.3 is 14.8 Å².